The second-order valence-corrected chi connectivity index (χ2v) is 5.34. The van der Waals surface area contributed by atoms with Gasteiger partial charge in [-0.15, -0.1) is 0 Å². The summed E-state index contributed by atoms with van der Waals surface area (Å²) in [4.78, 5) is 23.3. The normalized spacial score (nSPS) is 19.7. The van der Waals surface area contributed by atoms with Gasteiger partial charge >= 0.3 is 11.9 Å². The van der Waals surface area contributed by atoms with Crippen LogP contribution in [0.25, 0.3) is 0 Å². The average Bonchev–Trinajstić information content (AvgIpc) is 2.39. The van der Waals surface area contributed by atoms with Gasteiger partial charge < -0.3 is 9.84 Å². The number of hydrogen-bond acceptors (Lipinski definition) is 4. The molecule has 5 heteroatoms. The summed E-state index contributed by atoms with van der Waals surface area (Å²) in [5.41, 5.74) is -0.802. The Labute approximate surface area is 114 Å². The molecule has 0 heterocycles. The van der Waals surface area contributed by atoms with Crippen LogP contribution >= 0.6 is 0 Å². The van der Waals surface area contributed by atoms with E-state index in [-0.39, 0.29) is 5.97 Å². The fourth-order valence-electron chi connectivity index (χ4n) is 2.49. The van der Waals surface area contributed by atoms with Gasteiger partial charge in [0.05, 0.1) is 6.61 Å². The summed E-state index contributed by atoms with van der Waals surface area (Å²) in [6.45, 7) is 4.02. The minimum atomic E-state index is -0.939. The van der Waals surface area contributed by atoms with Crippen molar-refractivity contribution in [2.45, 2.75) is 70.4 Å². The van der Waals surface area contributed by atoms with Crippen molar-refractivity contribution in [1.29, 1.82) is 0 Å². The third kappa shape index (κ3) is 4.49. The Morgan fingerprint density at radius 1 is 1.32 bits per heavy atom. The average molecular weight is 271 g/mol. The molecule has 1 rings (SSSR count). The van der Waals surface area contributed by atoms with Gasteiger partial charge in [0.1, 0.15) is 11.6 Å². The Bertz CT molecular complexity index is 311. The van der Waals surface area contributed by atoms with Crippen LogP contribution in [0.5, 0.6) is 0 Å². The largest absolute Gasteiger partial charge is 0.480 e. The van der Waals surface area contributed by atoms with Gasteiger partial charge in [-0.05, 0) is 26.2 Å². The lowest BCUT2D eigenvalue weighted by Crippen LogP contribution is -2.58. The van der Waals surface area contributed by atoms with Crippen LogP contribution in [0.2, 0.25) is 0 Å². The summed E-state index contributed by atoms with van der Waals surface area (Å²) >= 11 is 0. The van der Waals surface area contributed by atoms with Crippen LogP contribution in [0, 0.1) is 0 Å². The first-order chi connectivity index (χ1) is 9.02. The van der Waals surface area contributed by atoms with Gasteiger partial charge in [0.25, 0.3) is 0 Å². The van der Waals surface area contributed by atoms with Crippen LogP contribution in [-0.2, 0) is 14.3 Å². The molecule has 0 spiro atoms. The lowest BCUT2D eigenvalue weighted by Gasteiger charge is -2.37. The summed E-state index contributed by atoms with van der Waals surface area (Å²) in [6.07, 6.45) is 6.10. The van der Waals surface area contributed by atoms with E-state index in [1.54, 1.807) is 6.92 Å². The highest BCUT2D eigenvalue weighted by atomic mass is 16.5. The molecule has 0 radical (unpaired) electrons. The fourth-order valence-corrected chi connectivity index (χ4v) is 2.49. The highest BCUT2D eigenvalue weighted by Gasteiger charge is 2.42. The molecule has 110 valence electrons. The maximum Gasteiger partial charge on any atom is 0.326 e. The molecule has 19 heavy (non-hydrogen) atoms. The smallest absolute Gasteiger partial charge is 0.326 e. The molecule has 0 aromatic heterocycles. The first-order valence-corrected chi connectivity index (χ1v) is 7.19. The van der Waals surface area contributed by atoms with Crippen LogP contribution in [0.1, 0.15) is 58.8 Å². The van der Waals surface area contributed by atoms with E-state index in [0.717, 1.165) is 32.1 Å². The molecular weight excluding hydrogens is 246 g/mol. The molecule has 0 amide bonds. The topological polar surface area (TPSA) is 75.6 Å². The van der Waals surface area contributed by atoms with Crippen molar-refractivity contribution in [1.82, 2.24) is 5.32 Å². The molecule has 1 fully saturated rings. The molecule has 1 atom stereocenters. The number of carboxylic acid groups (broad SMARTS) is 1. The van der Waals surface area contributed by atoms with E-state index in [4.69, 9.17) is 9.84 Å². The van der Waals surface area contributed by atoms with Crippen molar-refractivity contribution in [3.8, 4) is 0 Å². The molecule has 0 bridgehead atoms. The van der Waals surface area contributed by atoms with Crippen LogP contribution < -0.4 is 5.32 Å². The number of carboxylic acids is 1. The Morgan fingerprint density at radius 3 is 2.47 bits per heavy atom. The monoisotopic (exact) mass is 271 g/mol. The van der Waals surface area contributed by atoms with Gasteiger partial charge in [0, 0.05) is 0 Å². The number of carbonyl (C=O) groups is 2. The quantitative estimate of drug-likeness (QED) is 0.548. The number of unbranched alkanes of at least 4 members (excludes halogenated alkanes) is 1. The molecule has 0 aliphatic heterocycles. The lowest BCUT2D eigenvalue weighted by molar-refractivity contribution is -0.155. The summed E-state index contributed by atoms with van der Waals surface area (Å²) in [6, 6.07) is -0.739. The molecular formula is C14H25NO4. The van der Waals surface area contributed by atoms with Crippen LogP contribution in [0.3, 0.4) is 0 Å². The van der Waals surface area contributed by atoms with E-state index in [1.165, 1.54) is 0 Å². The van der Waals surface area contributed by atoms with Gasteiger partial charge in [-0.3, -0.25) is 14.9 Å². The zero-order valence-corrected chi connectivity index (χ0v) is 11.9. The molecule has 0 aromatic rings. The predicted molar refractivity (Wildman–Crippen MR) is 71.9 cm³/mol. The standard InChI is InChI=1S/C14H25NO4/c1-3-4-10-19-13(18)14(8-6-5-7-9-14)15-11(2)12(16)17/h11,15H,3-10H2,1-2H3,(H,16,17). The number of nitrogens with one attached hydrogen (secondary N) is 1. The second kappa shape index (κ2) is 7.48. The number of hydrogen-bond donors (Lipinski definition) is 2. The van der Waals surface area contributed by atoms with E-state index in [2.05, 4.69) is 5.32 Å². The first kappa shape index (κ1) is 16.0. The third-order valence-electron chi connectivity index (χ3n) is 3.69. The highest BCUT2D eigenvalue weighted by molar-refractivity contribution is 5.82. The number of ether oxygens (including phenoxy) is 1. The van der Waals surface area contributed by atoms with Crippen LogP contribution in [0.4, 0.5) is 0 Å². The predicted octanol–water partition coefficient (Wildman–Crippen LogP) is 2.10. The Balaban J connectivity index is 2.68. The Kier molecular flexibility index (Phi) is 6.28. The number of aliphatic carboxylic acids is 1. The number of rotatable bonds is 7. The molecule has 1 saturated carbocycles. The molecule has 5 nitrogen and oxygen atoms in total. The summed E-state index contributed by atoms with van der Waals surface area (Å²) in [7, 11) is 0. The van der Waals surface area contributed by atoms with Crippen molar-refractivity contribution >= 4 is 11.9 Å². The number of carbonyl (C=O) groups excluding carboxylic acids is 1. The van der Waals surface area contributed by atoms with Gasteiger partial charge in [-0.25, -0.2) is 0 Å². The van der Waals surface area contributed by atoms with Crippen molar-refractivity contribution in [2.24, 2.45) is 0 Å². The lowest BCUT2D eigenvalue weighted by atomic mass is 9.81. The van der Waals surface area contributed by atoms with E-state index < -0.39 is 17.6 Å². The van der Waals surface area contributed by atoms with Gasteiger partial charge in [-0.2, -0.15) is 0 Å². The maximum absolute atomic E-state index is 12.3. The summed E-state index contributed by atoms with van der Waals surface area (Å²) in [5.74, 6) is -1.22. The van der Waals surface area contributed by atoms with Crippen molar-refractivity contribution in [3.63, 3.8) is 0 Å². The first-order valence-electron chi connectivity index (χ1n) is 7.19. The molecule has 1 aliphatic rings. The Morgan fingerprint density at radius 2 is 1.95 bits per heavy atom. The minimum absolute atomic E-state index is 0.284. The highest BCUT2D eigenvalue weighted by Crippen LogP contribution is 2.30. The zero-order valence-electron chi connectivity index (χ0n) is 11.9. The van der Waals surface area contributed by atoms with E-state index in [1.807, 2.05) is 6.92 Å². The maximum atomic E-state index is 12.3. The van der Waals surface area contributed by atoms with E-state index in [9.17, 15) is 9.59 Å². The second-order valence-electron chi connectivity index (χ2n) is 5.34. The van der Waals surface area contributed by atoms with Crippen LogP contribution in [-0.4, -0.2) is 35.2 Å². The third-order valence-corrected chi connectivity index (χ3v) is 3.69. The zero-order chi connectivity index (χ0) is 14.3. The molecule has 1 aliphatic carbocycles. The van der Waals surface area contributed by atoms with Crippen molar-refractivity contribution in [3.05, 3.63) is 0 Å². The Hall–Kier alpha value is -1.10. The van der Waals surface area contributed by atoms with E-state index >= 15 is 0 Å². The molecule has 0 aromatic carbocycles. The minimum Gasteiger partial charge on any atom is -0.480 e. The molecule has 2 N–H and O–H groups in total. The van der Waals surface area contributed by atoms with Crippen LogP contribution in [0.15, 0.2) is 0 Å². The SMILES string of the molecule is CCCCOC(=O)C1(NC(C)C(=O)O)CCCCC1. The van der Waals surface area contributed by atoms with Gasteiger partial charge in [0.2, 0.25) is 0 Å². The van der Waals surface area contributed by atoms with Crippen molar-refractivity contribution in [2.75, 3.05) is 6.61 Å². The fraction of sp³-hybridized carbons (Fsp3) is 0.857. The number of esters is 1. The van der Waals surface area contributed by atoms with E-state index in [0.29, 0.717) is 19.4 Å². The molecule has 1 unspecified atom stereocenters. The molecule has 0 saturated heterocycles. The van der Waals surface area contributed by atoms with Crippen molar-refractivity contribution < 1.29 is 19.4 Å². The van der Waals surface area contributed by atoms with Gasteiger partial charge in [0.15, 0.2) is 0 Å². The summed E-state index contributed by atoms with van der Waals surface area (Å²) in [5, 5.41) is 12.0. The summed E-state index contributed by atoms with van der Waals surface area (Å²) < 4.78 is 5.31. The van der Waals surface area contributed by atoms with Gasteiger partial charge in [-0.1, -0.05) is 32.6 Å².